The molecule has 14 heavy (non-hydrogen) atoms. The summed E-state index contributed by atoms with van der Waals surface area (Å²) in [4.78, 5) is 4.37. The summed E-state index contributed by atoms with van der Waals surface area (Å²) in [5.74, 6) is 0. The fourth-order valence-electron chi connectivity index (χ4n) is 1.83. The second-order valence-electron chi connectivity index (χ2n) is 3.71. The van der Waals surface area contributed by atoms with Crippen LogP contribution in [0.3, 0.4) is 0 Å². The molecule has 2 rings (SSSR count). The largest absolute Gasteiger partial charge is 0.396 e. The van der Waals surface area contributed by atoms with E-state index < -0.39 is 0 Å². The van der Waals surface area contributed by atoms with Crippen LogP contribution in [0.5, 0.6) is 0 Å². The van der Waals surface area contributed by atoms with Crippen molar-refractivity contribution < 1.29 is 5.11 Å². The fourth-order valence-corrected chi connectivity index (χ4v) is 2.18. The maximum atomic E-state index is 8.94. The number of allylic oxidation sites excluding steroid dienone is 4. The van der Waals surface area contributed by atoms with E-state index in [0.29, 0.717) is 6.42 Å². The molecule has 0 saturated carbocycles. The topological polar surface area (TPSA) is 32.6 Å². The van der Waals surface area contributed by atoms with Gasteiger partial charge in [-0.2, -0.15) is 0 Å². The van der Waals surface area contributed by atoms with Gasteiger partial charge in [-0.25, -0.2) is 0 Å². The first kappa shape index (κ1) is 9.87. The zero-order valence-electron chi connectivity index (χ0n) is 8.00. The molecule has 1 heterocycles. The van der Waals surface area contributed by atoms with Crippen LogP contribution in [0.4, 0.5) is 0 Å². The SMILES string of the molecule is CC12C=CC(Br)=CC1=NC=C2CCO. The predicted octanol–water partition coefficient (Wildman–Crippen LogP) is 2.56. The van der Waals surface area contributed by atoms with Crippen LogP contribution >= 0.6 is 15.9 Å². The van der Waals surface area contributed by atoms with Gasteiger partial charge in [0.05, 0.1) is 11.1 Å². The number of aliphatic hydroxyl groups is 1. The van der Waals surface area contributed by atoms with Crippen LogP contribution in [0, 0.1) is 5.41 Å². The van der Waals surface area contributed by atoms with E-state index in [9.17, 15) is 0 Å². The number of aliphatic imine (C=N–C) groups is 1. The molecule has 1 aliphatic heterocycles. The van der Waals surface area contributed by atoms with Gasteiger partial charge in [0.25, 0.3) is 0 Å². The molecule has 0 saturated heterocycles. The molecule has 0 bridgehead atoms. The lowest BCUT2D eigenvalue weighted by Gasteiger charge is -2.27. The molecule has 2 nitrogen and oxygen atoms in total. The maximum absolute atomic E-state index is 8.94. The molecule has 1 unspecified atom stereocenters. The minimum atomic E-state index is -0.0972. The Labute approximate surface area is 91.9 Å². The van der Waals surface area contributed by atoms with Gasteiger partial charge in [0.2, 0.25) is 0 Å². The standard InChI is InChI=1S/C11H12BrNO/c1-11-4-2-9(12)6-10(11)13-7-8(11)3-5-14/h2,4,6-7,14H,3,5H2,1H3. The van der Waals surface area contributed by atoms with Crippen molar-refractivity contribution in [1.82, 2.24) is 0 Å². The van der Waals surface area contributed by atoms with Crippen LogP contribution in [0.25, 0.3) is 0 Å². The average Bonchev–Trinajstić information content (AvgIpc) is 2.46. The summed E-state index contributed by atoms with van der Waals surface area (Å²) in [6, 6.07) is 0. The van der Waals surface area contributed by atoms with Gasteiger partial charge in [0, 0.05) is 17.3 Å². The van der Waals surface area contributed by atoms with Gasteiger partial charge in [-0.15, -0.1) is 0 Å². The van der Waals surface area contributed by atoms with Gasteiger partial charge < -0.3 is 5.11 Å². The Morgan fingerprint density at radius 2 is 2.36 bits per heavy atom. The van der Waals surface area contributed by atoms with Gasteiger partial charge in [0.15, 0.2) is 0 Å². The van der Waals surface area contributed by atoms with Crippen LogP contribution in [0.1, 0.15) is 13.3 Å². The summed E-state index contributed by atoms with van der Waals surface area (Å²) in [6.07, 6.45) is 8.76. The van der Waals surface area contributed by atoms with E-state index in [4.69, 9.17) is 5.11 Å². The lowest BCUT2D eigenvalue weighted by molar-refractivity contribution is 0.294. The van der Waals surface area contributed by atoms with Crippen LogP contribution in [-0.4, -0.2) is 17.4 Å². The van der Waals surface area contributed by atoms with E-state index in [1.807, 2.05) is 18.4 Å². The minimum Gasteiger partial charge on any atom is -0.396 e. The molecule has 0 amide bonds. The van der Waals surface area contributed by atoms with Gasteiger partial charge in [0.1, 0.15) is 0 Å². The number of aliphatic hydroxyl groups excluding tert-OH is 1. The number of hydrogen-bond donors (Lipinski definition) is 1. The highest BCUT2D eigenvalue weighted by Crippen LogP contribution is 2.40. The van der Waals surface area contributed by atoms with E-state index in [1.165, 1.54) is 5.57 Å². The smallest absolute Gasteiger partial charge is 0.0553 e. The molecule has 1 N–H and O–H groups in total. The summed E-state index contributed by atoms with van der Waals surface area (Å²) in [6.45, 7) is 2.32. The van der Waals surface area contributed by atoms with Crippen molar-refractivity contribution in [3.8, 4) is 0 Å². The van der Waals surface area contributed by atoms with Gasteiger partial charge in [-0.05, 0) is 25.0 Å². The Hall–Kier alpha value is -0.670. The third kappa shape index (κ3) is 1.41. The third-order valence-electron chi connectivity index (χ3n) is 2.79. The third-order valence-corrected chi connectivity index (χ3v) is 3.28. The van der Waals surface area contributed by atoms with Crippen molar-refractivity contribution in [2.24, 2.45) is 10.4 Å². The summed E-state index contributed by atoms with van der Waals surface area (Å²) >= 11 is 3.43. The Bertz CT molecular complexity index is 379. The van der Waals surface area contributed by atoms with Crippen molar-refractivity contribution in [3.05, 3.63) is 34.5 Å². The van der Waals surface area contributed by atoms with Crippen LogP contribution in [-0.2, 0) is 0 Å². The van der Waals surface area contributed by atoms with Crippen molar-refractivity contribution in [3.63, 3.8) is 0 Å². The quantitative estimate of drug-likeness (QED) is 0.807. The first-order valence-electron chi connectivity index (χ1n) is 4.62. The van der Waals surface area contributed by atoms with Gasteiger partial charge in [-0.3, -0.25) is 4.99 Å². The minimum absolute atomic E-state index is 0.0972. The zero-order valence-corrected chi connectivity index (χ0v) is 9.58. The molecule has 1 atom stereocenters. The number of hydrogen-bond acceptors (Lipinski definition) is 2. The molecule has 74 valence electrons. The van der Waals surface area contributed by atoms with Crippen LogP contribution in [0.15, 0.2) is 39.5 Å². The molecule has 1 aliphatic carbocycles. The molecule has 0 radical (unpaired) electrons. The Balaban J connectivity index is 2.32. The molecular weight excluding hydrogens is 242 g/mol. The molecule has 0 aromatic heterocycles. The predicted molar refractivity (Wildman–Crippen MR) is 61.5 cm³/mol. The molecule has 0 aromatic carbocycles. The highest BCUT2D eigenvalue weighted by atomic mass is 79.9. The Morgan fingerprint density at radius 3 is 3.07 bits per heavy atom. The molecular formula is C11H12BrNO. The Morgan fingerprint density at radius 1 is 1.57 bits per heavy atom. The number of rotatable bonds is 2. The van der Waals surface area contributed by atoms with Crippen molar-refractivity contribution >= 4 is 21.6 Å². The summed E-state index contributed by atoms with van der Waals surface area (Å²) in [7, 11) is 0. The fraction of sp³-hybridized carbons (Fsp3) is 0.364. The maximum Gasteiger partial charge on any atom is 0.0553 e. The number of fused-ring (bicyclic) bond motifs is 1. The molecule has 2 aliphatic rings. The lowest BCUT2D eigenvalue weighted by Crippen LogP contribution is -2.25. The second kappa shape index (κ2) is 3.48. The van der Waals surface area contributed by atoms with E-state index >= 15 is 0 Å². The van der Waals surface area contributed by atoms with Crippen molar-refractivity contribution in [2.45, 2.75) is 13.3 Å². The first-order chi connectivity index (χ1) is 6.66. The summed E-state index contributed by atoms with van der Waals surface area (Å²) < 4.78 is 1.05. The number of halogens is 1. The van der Waals surface area contributed by atoms with E-state index in [-0.39, 0.29) is 12.0 Å². The lowest BCUT2D eigenvalue weighted by atomic mass is 9.76. The van der Waals surface area contributed by atoms with Gasteiger partial charge >= 0.3 is 0 Å². The van der Waals surface area contributed by atoms with Gasteiger partial charge in [-0.1, -0.05) is 28.1 Å². The second-order valence-corrected chi connectivity index (χ2v) is 4.62. The zero-order chi connectivity index (χ0) is 10.2. The van der Waals surface area contributed by atoms with Crippen LogP contribution in [0.2, 0.25) is 0 Å². The highest BCUT2D eigenvalue weighted by molar-refractivity contribution is 9.11. The van der Waals surface area contributed by atoms with E-state index in [0.717, 1.165) is 10.2 Å². The first-order valence-corrected chi connectivity index (χ1v) is 5.41. The summed E-state index contributed by atoms with van der Waals surface area (Å²) in [5.41, 5.74) is 2.14. The monoisotopic (exact) mass is 253 g/mol. The molecule has 0 spiro atoms. The van der Waals surface area contributed by atoms with Crippen molar-refractivity contribution in [1.29, 1.82) is 0 Å². The number of nitrogens with zero attached hydrogens (tertiary/aromatic N) is 1. The molecule has 0 fully saturated rings. The molecule has 3 heteroatoms. The van der Waals surface area contributed by atoms with Crippen molar-refractivity contribution in [2.75, 3.05) is 6.61 Å². The summed E-state index contributed by atoms with van der Waals surface area (Å²) in [5, 5.41) is 8.94. The highest BCUT2D eigenvalue weighted by Gasteiger charge is 2.35. The Kier molecular flexibility index (Phi) is 2.45. The average molecular weight is 254 g/mol. The molecule has 0 aromatic rings. The van der Waals surface area contributed by atoms with E-state index in [2.05, 4.69) is 33.9 Å². The normalized spacial score (nSPS) is 29.5. The van der Waals surface area contributed by atoms with Crippen LogP contribution < -0.4 is 0 Å². The van der Waals surface area contributed by atoms with E-state index in [1.54, 1.807) is 0 Å².